The van der Waals surface area contributed by atoms with Gasteiger partial charge in [0.05, 0.1) is 19.0 Å². The number of aliphatic imine (C=N–C) groups is 2. The topological polar surface area (TPSA) is 37.9 Å². The van der Waals surface area contributed by atoms with Gasteiger partial charge < -0.3 is 4.42 Å². The maximum atomic E-state index is 5.46. The van der Waals surface area contributed by atoms with Crippen molar-refractivity contribution >= 4 is 12.4 Å². The van der Waals surface area contributed by atoms with E-state index in [0.29, 0.717) is 6.54 Å². The van der Waals surface area contributed by atoms with Gasteiger partial charge >= 0.3 is 0 Å². The van der Waals surface area contributed by atoms with Gasteiger partial charge in [-0.05, 0) is 17.7 Å². The molecule has 0 saturated carbocycles. The minimum atomic E-state index is 0.665. The van der Waals surface area contributed by atoms with Gasteiger partial charge in [0.2, 0.25) is 0 Å². The Morgan fingerprint density at radius 3 is 2.41 bits per heavy atom. The van der Waals surface area contributed by atoms with Crippen molar-refractivity contribution in [3.8, 4) is 0 Å². The van der Waals surface area contributed by atoms with Crippen molar-refractivity contribution in [2.24, 2.45) is 9.98 Å². The molecule has 1 aromatic carbocycles. The summed E-state index contributed by atoms with van der Waals surface area (Å²) >= 11 is 0. The first-order chi connectivity index (χ1) is 8.38. The van der Waals surface area contributed by atoms with Gasteiger partial charge in [0.1, 0.15) is 11.5 Å². The number of benzene rings is 1. The van der Waals surface area contributed by atoms with Crippen LogP contribution in [0.3, 0.4) is 0 Å². The molecule has 86 valence electrons. The summed E-state index contributed by atoms with van der Waals surface area (Å²) in [4.78, 5) is 8.21. The van der Waals surface area contributed by atoms with Gasteiger partial charge in [-0.15, -0.1) is 0 Å². The molecule has 3 nitrogen and oxygen atoms in total. The third-order valence-electron chi connectivity index (χ3n) is 2.24. The fourth-order valence-corrected chi connectivity index (χ4v) is 1.46. The van der Waals surface area contributed by atoms with Crippen LogP contribution in [0.25, 0.3) is 0 Å². The lowest BCUT2D eigenvalue weighted by Crippen LogP contribution is -1.82. The van der Waals surface area contributed by atoms with E-state index in [-0.39, 0.29) is 0 Å². The minimum absolute atomic E-state index is 0.665. The zero-order valence-corrected chi connectivity index (χ0v) is 9.71. The molecule has 0 amide bonds. The molecule has 0 fully saturated rings. The fraction of sp³-hybridized carbons (Fsp3) is 0.143. The molecule has 0 aliphatic carbocycles. The number of hydrogen-bond acceptors (Lipinski definition) is 3. The Kier molecular flexibility index (Phi) is 3.86. The minimum Gasteiger partial charge on any atom is -0.454 e. The maximum absolute atomic E-state index is 5.46. The van der Waals surface area contributed by atoms with Gasteiger partial charge in [-0.3, -0.25) is 9.98 Å². The molecule has 0 atom stereocenters. The van der Waals surface area contributed by atoms with Crippen LogP contribution in [0.2, 0.25) is 0 Å². The molecular weight excluding hydrogens is 212 g/mol. The largest absolute Gasteiger partial charge is 0.454 e. The second kappa shape index (κ2) is 5.80. The van der Waals surface area contributed by atoms with Crippen LogP contribution in [0.15, 0.2) is 56.9 Å². The van der Waals surface area contributed by atoms with Gasteiger partial charge in [0, 0.05) is 7.05 Å². The molecule has 0 aliphatic rings. The molecule has 1 aromatic heterocycles. The maximum Gasteiger partial charge on any atom is 0.145 e. The standard InChI is InChI=1S/C14H14N2O/c1-15-10-13-7-8-14(17-13)11-16-9-12-5-3-2-4-6-12/h2-8,10-11H,9H2,1H3. The molecule has 2 rings (SSSR count). The van der Waals surface area contributed by atoms with Crippen LogP contribution < -0.4 is 0 Å². The summed E-state index contributed by atoms with van der Waals surface area (Å²) in [6, 6.07) is 13.9. The van der Waals surface area contributed by atoms with E-state index in [4.69, 9.17) is 4.42 Å². The normalized spacial score (nSPS) is 11.6. The Bertz CT molecular complexity index is 512. The summed E-state index contributed by atoms with van der Waals surface area (Å²) in [7, 11) is 1.71. The molecule has 0 bridgehead atoms. The lowest BCUT2D eigenvalue weighted by Gasteiger charge is -1.93. The van der Waals surface area contributed by atoms with Crippen LogP contribution in [-0.4, -0.2) is 19.5 Å². The molecule has 3 heteroatoms. The SMILES string of the molecule is CN=Cc1ccc(C=NCc2ccccc2)o1. The molecule has 0 radical (unpaired) electrons. The van der Waals surface area contributed by atoms with Gasteiger partial charge in [-0.1, -0.05) is 30.3 Å². The summed E-state index contributed by atoms with van der Waals surface area (Å²) in [5.74, 6) is 1.49. The van der Waals surface area contributed by atoms with Crippen LogP contribution in [0.1, 0.15) is 17.1 Å². The number of nitrogens with zero attached hydrogens (tertiary/aromatic N) is 2. The summed E-state index contributed by atoms with van der Waals surface area (Å²) in [6.07, 6.45) is 3.41. The van der Waals surface area contributed by atoms with Crippen LogP contribution in [0.4, 0.5) is 0 Å². The van der Waals surface area contributed by atoms with Crippen LogP contribution in [0, 0.1) is 0 Å². The van der Waals surface area contributed by atoms with E-state index >= 15 is 0 Å². The molecule has 1 heterocycles. The summed E-state index contributed by atoms with van der Waals surface area (Å²) in [5, 5.41) is 0. The molecule has 0 N–H and O–H groups in total. The quantitative estimate of drug-likeness (QED) is 0.738. The van der Waals surface area contributed by atoms with Gasteiger partial charge in [-0.2, -0.15) is 0 Å². The molecule has 0 saturated heterocycles. The van der Waals surface area contributed by atoms with E-state index in [0.717, 1.165) is 11.5 Å². The van der Waals surface area contributed by atoms with Crippen LogP contribution in [-0.2, 0) is 6.54 Å². The number of hydrogen-bond donors (Lipinski definition) is 0. The van der Waals surface area contributed by atoms with Gasteiger partial charge in [-0.25, -0.2) is 0 Å². The highest BCUT2D eigenvalue weighted by Gasteiger charge is 1.95. The van der Waals surface area contributed by atoms with Crippen molar-refractivity contribution in [3.63, 3.8) is 0 Å². The third kappa shape index (κ3) is 3.41. The molecule has 17 heavy (non-hydrogen) atoms. The molecule has 0 unspecified atom stereocenters. The second-order valence-corrected chi connectivity index (χ2v) is 3.58. The predicted molar refractivity (Wildman–Crippen MR) is 70.0 cm³/mol. The molecular formula is C14H14N2O. The third-order valence-corrected chi connectivity index (χ3v) is 2.24. The van der Waals surface area contributed by atoms with Crippen molar-refractivity contribution in [2.45, 2.75) is 6.54 Å². The average Bonchev–Trinajstić information content (AvgIpc) is 2.79. The van der Waals surface area contributed by atoms with E-state index in [9.17, 15) is 0 Å². The monoisotopic (exact) mass is 226 g/mol. The lowest BCUT2D eigenvalue weighted by atomic mass is 10.2. The molecule has 0 spiro atoms. The lowest BCUT2D eigenvalue weighted by molar-refractivity contribution is 0.553. The van der Waals surface area contributed by atoms with E-state index in [1.807, 2.05) is 30.3 Å². The summed E-state index contributed by atoms with van der Waals surface area (Å²) in [5.41, 5.74) is 1.19. The Hall–Kier alpha value is -2.16. The summed E-state index contributed by atoms with van der Waals surface area (Å²) < 4.78 is 5.46. The summed E-state index contributed by atoms with van der Waals surface area (Å²) in [6.45, 7) is 0.665. The van der Waals surface area contributed by atoms with E-state index < -0.39 is 0 Å². The number of rotatable bonds is 4. The van der Waals surface area contributed by atoms with Crippen LogP contribution in [0.5, 0.6) is 0 Å². The van der Waals surface area contributed by atoms with Gasteiger partial charge in [0.25, 0.3) is 0 Å². The van der Waals surface area contributed by atoms with Gasteiger partial charge in [0.15, 0.2) is 0 Å². The predicted octanol–water partition coefficient (Wildman–Crippen LogP) is 2.95. The Labute approximate surface area is 101 Å². The zero-order chi connectivity index (χ0) is 11.9. The molecule has 0 aliphatic heterocycles. The smallest absolute Gasteiger partial charge is 0.145 e. The van der Waals surface area contributed by atoms with Crippen molar-refractivity contribution in [2.75, 3.05) is 7.05 Å². The molecule has 2 aromatic rings. The average molecular weight is 226 g/mol. The van der Waals surface area contributed by atoms with E-state index in [2.05, 4.69) is 22.1 Å². The highest BCUT2D eigenvalue weighted by molar-refractivity contribution is 5.80. The second-order valence-electron chi connectivity index (χ2n) is 3.58. The first-order valence-electron chi connectivity index (χ1n) is 5.44. The van der Waals surface area contributed by atoms with E-state index in [1.54, 1.807) is 19.5 Å². The Morgan fingerprint density at radius 1 is 1.00 bits per heavy atom. The van der Waals surface area contributed by atoms with Crippen molar-refractivity contribution < 1.29 is 4.42 Å². The van der Waals surface area contributed by atoms with Crippen LogP contribution >= 0.6 is 0 Å². The first kappa shape index (κ1) is 11.3. The zero-order valence-electron chi connectivity index (χ0n) is 9.71. The van der Waals surface area contributed by atoms with E-state index in [1.165, 1.54) is 5.56 Å². The van der Waals surface area contributed by atoms with Crippen molar-refractivity contribution in [1.29, 1.82) is 0 Å². The Balaban J connectivity index is 1.96. The highest BCUT2D eigenvalue weighted by Crippen LogP contribution is 2.04. The highest BCUT2D eigenvalue weighted by atomic mass is 16.3. The van der Waals surface area contributed by atoms with Crippen molar-refractivity contribution in [3.05, 3.63) is 59.5 Å². The fourth-order valence-electron chi connectivity index (χ4n) is 1.46. The Morgan fingerprint density at radius 2 is 1.71 bits per heavy atom. The first-order valence-corrected chi connectivity index (χ1v) is 5.44. The van der Waals surface area contributed by atoms with Crippen molar-refractivity contribution in [1.82, 2.24) is 0 Å². The number of furan rings is 1.